The molecule has 1 aromatic carbocycles. The van der Waals surface area contributed by atoms with Crippen molar-refractivity contribution in [3.05, 3.63) is 35.4 Å². The molecule has 2 fully saturated rings. The first-order chi connectivity index (χ1) is 11.7. The zero-order chi connectivity index (χ0) is 16.9. The van der Waals surface area contributed by atoms with Crippen LogP contribution in [0.2, 0.25) is 0 Å². The first-order valence-corrected chi connectivity index (χ1v) is 10.1. The minimum absolute atomic E-state index is 0.199. The lowest BCUT2D eigenvalue weighted by atomic mass is 10.0. The number of carbonyl (C=O) groups is 1. The van der Waals surface area contributed by atoms with Crippen molar-refractivity contribution < 1.29 is 9.53 Å². The Labute approximate surface area is 149 Å². The summed E-state index contributed by atoms with van der Waals surface area (Å²) < 4.78 is 5.47. The summed E-state index contributed by atoms with van der Waals surface area (Å²) in [5, 5.41) is 0. The van der Waals surface area contributed by atoms with Gasteiger partial charge in [-0.1, -0.05) is 32.0 Å². The van der Waals surface area contributed by atoms with Crippen molar-refractivity contribution in [3.8, 4) is 0 Å². The van der Waals surface area contributed by atoms with Crippen LogP contribution in [0.4, 0.5) is 0 Å². The van der Waals surface area contributed by atoms with E-state index < -0.39 is 0 Å². The van der Waals surface area contributed by atoms with E-state index in [9.17, 15) is 4.79 Å². The molecule has 1 amide bonds. The van der Waals surface area contributed by atoms with Gasteiger partial charge in [-0.2, -0.15) is 11.8 Å². The van der Waals surface area contributed by atoms with Gasteiger partial charge >= 0.3 is 0 Å². The van der Waals surface area contributed by atoms with Crippen molar-refractivity contribution in [2.45, 2.75) is 25.6 Å². The van der Waals surface area contributed by atoms with E-state index in [2.05, 4.69) is 29.7 Å². The number of nitrogens with zero attached hydrogens (tertiary/aromatic N) is 2. The average molecular weight is 349 g/mol. The van der Waals surface area contributed by atoms with Crippen LogP contribution in [0.15, 0.2) is 24.3 Å². The van der Waals surface area contributed by atoms with Gasteiger partial charge in [0.15, 0.2) is 0 Å². The van der Waals surface area contributed by atoms with Crippen molar-refractivity contribution in [1.82, 2.24) is 9.80 Å². The van der Waals surface area contributed by atoms with E-state index in [1.807, 2.05) is 30.0 Å². The zero-order valence-electron chi connectivity index (χ0n) is 14.7. The lowest BCUT2D eigenvalue weighted by molar-refractivity contribution is 0.0119. The predicted molar refractivity (Wildman–Crippen MR) is 99.5 cm³/mol. The summed E-state index contributed by atoms with van der Waals surface area (Å²) in [5.74, 6) is 2.70. The van der Waals surface area contributed by atoms with E-state index in [-0.39, 0.29) is 5.91 Å². The second-order valence-electron chi connectivity index (χ2n) is 6.70. The Morgan fingerprint density at radius 2 is 2.00 bits per heavy atom. The molecule has 0 bridgehead atoms. The molecule has 0 aromatic heterocycles. The maximum absolute atomic E-state index is 13.1. The number of rotatable bonds is 5. The van der Waals surface area contributed by atoms with Gasteiger partial charge in [0, 0.05) is 43.5 Å². The normalized spacial score (nSPS) is 25.2. The molecule has 0 radical (unpaired) electrons. The fourth-order valence-electron chi connectivity index (χ4n) is 3.74. The van der Waals surface area contributed by atoms with E-state index in [1.165, 1.54) is 0 Å². The molecule has 2 saturated heterocycles. The largest absolute Gasteiger partial charge is 0.379 e. The van der Waals surface area contributed by atoms with Gasteiger partial charge in [0.25, 0.3) is 5.91 Å². The Bertz CT molecular complexity index is 560. The third-order valence-corrected chi connectivity index (χ3v) is 6.01. The molecule has 2 atom stereocenters. The van der Waals surface area contributed by atoms with Crippen molar-refractivity contribution in [2.24, 2.45) is 5.92 Å². The number of hydrogen-bond acceptors (Lipinski definition) is 4. The fraction of sp³-hybridized carbons (Fsp3) is 0.632. The molecule has 2 aliphatic heterocycles. The van der Waals surface area contributed by atoms with Crippen molar-refractivity contribution in [2.75, 3.05) is 45.1 Å². The number of benzene rings is 1. The average Bonchev–Trinajstić information content (AvgIpc) is 3.02. The molecule has 4 nitrogen and oxygen atoms in total. The number of amides is 1. The van der Waals surface area contributed by atoms with E-state index in [0.717, 1.165) is 62.0 Å². The van der Waals surface area contributed by atoms with Gasteiger partial charge in [0.1, 0.15) is 0 Å². The molecule has 0 N–H and O–H groups in total. The molecule has 3 rings (SSSR count). The highest BCUT2D eigenvalue weighted by Crippen LogP contribution is 2.26. The topological polar surface area (TPSA) is 32.8 Å². The third kappa shape index (κ3) is 3.95. The quantitative estimate of drug-likeness (QED) is 0.819. The highest BCUT2D eigenvalue weighted by atomic mass is 32.2. The van der Waals surface area contributed by atoms with E-state index in [0.29, 0.717) is 12.0 Å². The van der Waals surface area contributed by atoms with Gasteiger partial charge < -0.3 is 9.64 Å². The number of carbonyl (C=O) groups excluding carboxylic acids is 1. The van der Waals surface area contributed by atoms with Crippen LogP contribution in [-0.2, 0) is 10.5 Å². The minimum Gasteiger partial charge on any atom is -0.379 e. The summed E-state index contributed by atoms with van der Waals surface area (Å²) in [6, 6.07) is 8.56. The van der Waals surface area contributed by atoms with E-state index in [4.69, 9.17) is 4.74 Å². The predicted octanol–water partition coefficient (Wildman–Crippen LogP) is 2.73. The first kappa shape index (κ1) is 17.8. The fourth-order valence-corrected chi connectivity index (χ4v) is 4.41. The molecule has 1 aromatic rings. The van der Waals surface area contributed by atoms with Crippen LogP contribution in [0.1, 0.15) is 29.8 Å². The van der Waals surface area contributed by atoms with Crippen LogP contribution in [0, 0.1) is 5.92 Å². The second kappa shape index (κ2) is 8.37. The number of thioether (sulfide) groups is 1. The number of ether oxygens (including phenoxy) is 1. The van der Waals surface area contributed by atoms with Crippen molar-refractivity contribution >= 4 is 17.7 Å². The molecule has 0 aliphatic carbocycles. The van der Waals surface area contributed by atoms with Crippen LogP contribution in [0.25, 0.3) is 0 Å². The Hall–Kier alpha value is -1.04. The molecule has 24 heavy (non-hydrogen) atoms. The lowest BCUT2D eigenvalue weighted by Gasteiger charge is -2.34. The summed E-state index contributed by atoms with van der Waals surface area (Å²) in [7, 11) is 0. The zero-order valence-corrected chi connectivity index (χ0v) is 15.6. The standard InChI is InChI=1S/C19H28N2O2S/c1-3-24-14-16-6-4-5-7-17(16)19(22)21-12-15(2)18(13-21)20-8-10-23-11-9-20/h4-7,15,18H,3,8-14H2,1-2H3. The van der Waals surface area contributed by atoms with Gasteiger partial charge in [-0.05, 0) is 23.3 Å². The Morgan fingerprint density at radius 1 is 1.25 bits per heavy atom. The molecule has 132 valence electrons. The SMILES string of the molecule is CCSCc1ccccc1C(=O)N1CC(C)C(N2CCOCC2)C1. The summed E-state index contributed by atoms with van der Waals surface area (Å²) in [5.41, 5.74) is 2.05. The molecule has 2 heterocycles. The number of hydrogen-bond donors (Lipinski definition) is 0. The monoisotopic (exact) mass is 348 g/mol. The van der Waals surface area contributed by atoms with Crippen LogP contribution >= 0.6 is 11.8 Å². The molecular formula is C19H28N2O2S. The van der Waals surface area contributed by atoms with Crippen molar-refractivity contribution in [1.29, 1.82) is 0 Å². The Kier molecular flexibility index (Phi) is 6.19. The summed E-state index contributed by atoms with van der Waals surface area (Å²) in [6.07, 6.45) is 0. The molecular weight excluding hydrogens is 320 g/mol. The van der Waals surface area contributed by atoms with Crippen LogP contribution in [0.3, 0.4) is 0 Å². The highest BCUT2D eigenvalue weighted by Gasteiger charge is 2.37. The van der Waals surface area contributed by atoms with Crippen LogP contribution < -0.4 is 0 Å². The smallest absolute Gasteiger partial charge is 0.254 e. The first-order valence-electron chi connectivity index (χ1n) is 8.97. The Morgan fingerprint density at radius 3 is 2.75 bits per heavy atom. The van der Waals surface area contributed by atoms with Crippen LogP contribution in [-0.4, -0.2) is 66.9 Å². The number of likely N-dealkylation sites (tertiary alicyclic amines) is 1. The maximum Gasteiger partial charge on any atom is 0.254 e. The second-order valence-corrected chi connectivity index (χ2v) is 7.97. The number of morpholine rings is 1. The highest BCUT2D eigenvalue weighted by molar-refractivity contribution is 7.98. The summed E-state index contributed by atoms with van der Waals surface area (Å²) in [6.45, 7) is 9.73. The van der Waals surface area contributed by atoms with Gasteiger partial charge in [-0.15, -0.1) is 0 Å². The Balaban J connectivity index is 1.69. The van der Waals surface area contributed by atoms with Crippen molar-refractivity contribution in [3.63, 3.8) is 0 Å². The van der Waals surface area contributed by atoms with E-state index in [1.54, 1.807) is 0 Å². The van der Waals surface area contributed by atoms with Gasteiger partial charge in [-0.3, -0.25) is 9.69 Å². The summed E-state index contributed by atoms with van der Waals surface area (Å²) >= 11 is 1.87. The lowest BCUT2D eigenvalue weighted by Crippen LogP contribution is -2.47. The summed E-state index contributed by atoms with van der Waals surface area (Å²) in [4.78, 5) is 17.6. The molecule has 0 saturated carbocycles. The molecule has 5 heteroatoms. The van der Waals surface area contributed by atoms with E-state index >= 15 is 0 Å². The van der Waals surface area contributed by atoms with Gasteiger partial charge in [0.2, 0.25) is 0 Å². The third-order valence-electron chi connectivity index (χ3n) is 5.08. The van der Waals surface area contributed by atoms with Gasteiger partial charge in [0.05, 0.1) is 13.2 Å². The maximum atomic E-state index is 13.1. The molecule has 2 unspecified atom stereocenters. The minimum atomic E-state index is 0.199. The van der Waals surface area contributed by atoms with Crippen LogP contribution in [0.5, 0.6) is 0 Å². The molecule has 2 aliphatic rings. The van der Waals surface area contributed by atoms with Gasteiger partial charge in [-0.25, -0.2) is 0 Å². The molecule has 0 spiro atoms.